The van der Waals surface area contributed by atoms with Gasteiger partial charge >= 0.3 is 0 Å². The highest BCUT2D eigenvalue weighted by atomic mass is 32.1. The van der Waals surface area contributed by atoms with Crippen molar-refractivity contribution in [1.29, 1.82) is 0 Å². The number of nitrogens with zero attached hydrogens (tertiary/aromatic N) is 2. The Labute approximate surface area is 147 Å². The van der Waals surface area contributed by atoms with Crippen LogP contribution in [0.3, 0.4) is 0 Å². The molecule has 0 bridgehead atoms. The standard InChI is InChI=1S/C18H27N3O2S/c1-11(2)7-6-8-12(3)20-15(22)9-21-10-19-17-16(18(21)23)13(4)14(5)24-17/h10-12H,6-9H2,1-5H3,(H,20,22). The zero-order chi connectivity index (χ0) is 17.9. The maximum Gasteiger partial charge on any atom is 0.262 e. The van der Waals surface area contributed by atoms with Gasteiger partial charge in [-0.1, -0.05) is 26.7 Å². The minimum Gasteiger partial charge on any atom is -0.352 e. The van der Waals surface area contributed by atoms with Gasteiger partial charge in [0.25, 0.3) is 5.56 Å². The monoisotopic (exact) mass is 349 g/mol. The summed E-state index contributed by atoms with van der Waals surface area (Å²) in [5.41, 5.74) is 0.828. The second-order valence-electron chi connectivity index (χ2n) is 6.93. The average molecular weight is 350 g/mol. The third-order valence-electron chi connectivity index (χ3n) is 4.30. The Bertz CT molecular complexity index is 776. The number of amides is 1. The molecular formula is C18H27N3O2S. The first-order chi connectivity index (χ1) is 11.3. The molecule has 1 unspecified atom stereocenters. The molecule has 1 N–H and O–H groups in total. The highest BCUT2D eigenvalue weighted by Crippen LogP contribution is 2.25. The van der Waals surface area contributed by atoms with Crippen LogP contribution in [0.1, 0.15) is 50.5 Å². The van der Waals surface area contributed by atoms with E-state index in [0.29, 0.717) is 11.3 Å². The largest absolute Gasteiger partial charge is 0.352 e. The molecule has 2 heterocycles. The minimum atomic E-state index is -0.139. The molecule has 24 heavy (non-hydrogen) atoms. The molecule has 0 aromatic carbocycles. The van der Waals surface area contributed by atoms with Crippen molar-refractivity contribution in [2.45, 2.75) is 66.5 Å². The number of thiophene rings is 1. The first-order valence-corrected chi connectivity index (χ1v) is 9.35. The van der Waals surface area contributed by atoms with E-state index in [0.717, 1.165) is 34.5 Å². The van der Waals surface area contributed by atoms with E-state index in [1.807, 2.05) is 20.8 Å². The van der Waals surface area contributed by atoms with Crippen molar-refractivity contribution < 1.29 is 4.79 Å². The molecule has 1 atom stereocenters. The van der Waals surface area contributed by atoms with Crippen LogP contribution in [0.5, 0.6) is 0 Å². The number of carbonyl (C=O) groups excluding carboxylic acids is 1. The predicted molar refractivity (Wildman–Crippen MR) is 99.6 cm³/mol. The molecule has 1 amide bonds. The van der Waals surface area contributed by atoms with Crippen molar-refractivity contribution in [2.75, 3.05) is 0 Å². The van der Waals surface area contributed by atoms with Gasteiger partial charge < -0.3 is 5.32 Å². The van der Waals surface area contributed by atoms with E-state index in [9.17, 15) is 9.59 Å². The molecule has 0 spiro atoms. The SMILES string of the molecule is Cc1sc2ncn(CC(=O)NC(C)CCCC(C)C)c(=O)c2c1C. The third kappa shape index (κ3) is 4.44. The Balaban J connectivity index is 2.02. The van der Waals surface area contributed by atoms with Crippen molar-refractivity contribution >= 4 is 27.5 Å². The zero-order valence-corrected chi connectivity index (χ0v) is 16.0. The zero-order valence-electron chi connectivity index (χ0n) is 15.2. The molecule has 2 aromatic heterocycles. The van der Waals surface area contributed by atoms with E-state index in [4.69, 9.17) is 0 Å². The van der Waals surface area contributed by atoms with Gasteiger partial charge in [0.2, 0.25) is 5.91 Å². The van der Waals surface area contributed by atoms with Crippen molar-refractivity contribution in [3.05, 3.63) is 27.1 Å². The number of carbonyl (C=O) groups is 1. The van der Waals surface area contributed by atoms with E-state index in [1.54, 1.807) is 0 Å². The van der Waals surface area contributed by atoms with Crippen LogP contribution in [0, 0.1) is 19.8 Å². The average Bonchev–Trinajstić information content (AvgIpc) is 2.77. The van der Waals surface area contributed by atoms with Crippen molar-refractivity contribution in [3.8, 4) is 0 Å². The minimum absolute atomic E-state index is 0.0185. The lowest BCUT2D eigenvalue weighted by Gasteiger charge is -2.15. The fourth-order valence-corrected chi connectivity index (χ4v) is 3.75. The summed E-state index contributed by atoms with van der Waals surface area (Å²) in [6, 6.07) is 0.119. The topological polar surface area (TPSA) is 64.0 Å². The summed E-state index contributed by atoms with van der Waals surface area (Å²) in [5, 5.41) is 3.61. The summed E-state index contributed by atoms with van der Waals surface area (Å²) in [6.07, 6.45) is 4.69. The molecule has 0 saturated carbocycles. The summed E-state index contributed by atoms with van der Waals surface area (Å²) < 4.78 is 1.40. The van der Waals surface area contributed by atoms with Crippen molar-refractivity contribution in [2.24, 2.45) is 5.92 Å². The molecule has 132 valence electrons. The van der Waals surface area contributed by atoms with Gasteiger partial charge in [-0.15, -0.1) is 11.3 Å². The number of nitrogens with one attached hydrogen (secondary N) is 1. The van der Waals surface area contributed by atoms with Crippen LogP contribution in [-0.2, 0) is 11.3 Å². The van der Waals surface area contributed by atoms with Crippen LogP contribution in [0.15, 0.2) is 11.1 Å². The van der Waals surface area contributed by atoms with Gasteiger partial charge in [0.05, 0.1) is 11.7 Å². The fraction of sp³-hybridized carbons (Fsp3) is 0.611. The lowest BCUT2D eigenvalue weighted by molar-refractivity contribution is -0.122. The van der Waals surface area contributed by atoms with Crippen LogP contribution in [-0.4, -0.2) is 21.5 Å². The highest BCUT2D eigenvalue weighted by molar-refractivity contribution is 7.18. The molecule has 0 aliphatic rings. The van der Waals surface area contributed by atoms with Crippen molar-refractivity contribution in [3.63, 3.8) is 0 Å². The molecule has 2 aromatic rings. The normalized spacial score (nSPS) is 12.8. The quantitative estimate of drug-likeness (QED) is 0.833. The number of aromatic nitrogens is 2. The van der Waals surface area contributed by atoms with Gasteiger partial charge in [-0.25, -0.2) is 4.98 Å². The third-order valence-corrected chi connectivity index (χ3v) is 5.41. The summed E-state index contributed by atoms with van der Waals surface area (Å²) in [4.78, 5) is 30.9. The lowest BCUT2D eigenvalue weighted by atomic mass is 10.0. The van der Waals surface area contributed by atoms with Crippen LogP contribution in [0.4, 0.5) is 0 Å². The maximum absolute atomic E-state index is 12.6. The fourth-order valence-electron chi connectivity index (χ4n) is 2.76. The molecule has 2 rings (SSSR count). The van der Waals surface area contributed by atoms with E-state index in [1.165, 1.54) is 22.2 Å². The first kappa shape index (κ1) is 18.6. The van der Waals surface area contributed by atoms with Gasteiger partial charge in [-0.05, 0) is 38.7 Å². The van der Waals surface area contributed by atoms with Crippen LogP contribution < -0.4 is 10.9 Å². The number of fused-ring (bicyclic) bond motifs is 1. The first-order valence-electron chi connectivity index (χ1n) is 8.54. The molecule has 0 aliphatic heterocycles. The second kappa shape index (κ2) is 7.92. The van der Waals surface area contributed by atoms with Gasteiger partial charge in [0, 0.05) is 10.9 Å². The maximum atomic E-state index is 12.6. The van der Waals surface area contributed by atoms with E-state index in [-0.39, 0.29) is 24.1 Å². The predicted octanol–water partition coefficient (Wildman–Crippen LogP) is 3.41. The molecule has 5 nitrogen and oxygen atoms in total. The molecule has 0 aliphatic carbocycles. The Kier molecular flexibility index (Phi) is 6.15. The van der Waals surface area contributed by atoms with Gasteiger partial charge in [-0.3, -0.25) is 14.2 Å². The summed E-state index contributed by atoms with van der Waals surface area (Å²) in [6.45, 7) is 10.3. The summed E-state index contributed by atoms with van der Waals surface area (Å²) >= 11 is 1.52. The van der Waals surface area contributed by atoms with Gasteiger partial charge in [0.1, 0.15) is 11.4 Å². The Morgan fingerprint density at radius 1 is 1.29 bits per heavy atom. The molecule has 0 saturated heterocycles. The van der Waals surface area contributed by atoms with Crippen LogP contribution >= 0.6 is 11.3 Å². The van der Waals surface area contributed by atoms with Crippen LogP contribution in [0.2, 0.25) is 0 Å². The van der Waals surface area contributed by atoms with Crippen molar-refractivity contribution in [1.82, 2.24) is 14.9 Å². The summed E-state index contributed by atoms with van der Waals surface area (Å²) in [7, 11) is 0. The van der Waals surface area contributed by atoms with E-state index >= 15 is 0 Å². The molecule has 0 radical (unpaired) electrons. The molecular weight excluding hydrogens is 322 g/mol. The molecule has 6 heteroatoms. The number of rotatable bonds is 7. The molecule has 0 fully saturated rings. The number of hydrogen-bond acceptors (Lipinski definition) is 4. The Morgan fingerprint density at radius 3 is 2.67 bits per heavy atom. The Morgan fingerprint density at radius 2 is 2.00 bits per heavy atom. The van der Waals surface area contributed by atoms with E-state index < -0.39 is 0 Å². The summed E-state index contributed by atoms with van der Waals surface area (Å²) in [5.74, 6) is 0.543. The van der Waals surface area contributed by atoms with Gasteiger partial charge in [-0.2, -0.15) is 0 Å². The number of aryl methyl sites for hydroxylation is 2. The Hall–Kier alpha value is -1.69. The van der Waals surface area contributed by atoms with Crippen LogP contribution in [0.25, 0.3) is 10.2 Å². The van der Waals surface area contributed by atoms with Gasteiger partial charge in [0.15, 0.2) is 0 Å². The number of hydrogen-bond donors (Lipinski definition) is 1. The smallest absolute Gasteiger partial charge is 0.262 e. The second-order valence-corrected chi connectivity index (χ2v) is 8.14. The highest BCUT2D eigenvalue weighted by Gasteiger charge is 2.14. The lowest BCUT2D eigenvalue weighted by Crippen LogP contribution is -2.37. The van der Waals surface area contributed by atoms with E-state index in [2.05, 4.69) is 24.1 Å².